The van der Waals surface area contributed by atoms with Crippen LogP contribution in [0.1, 0.15) is 13.3 Å². The molecule has 1 rings (SSSR count). The number of aliphatic hydroxyl groups excluding tert-OH is 1. The number of sulfonamides is 1. The van der Waals surface area contributed by atoms with Crippen molar-refractivity contribution in [2.45, 2.75) is 24.3 Å². The van der Waals surface area contributed by atoms with Crippen LogP contribution in [0.3, 0.4) is 0 Å². The summed E-state index contributed by atoms with van der Waals surface area (Å²) in [6.07, 6.45) is 0.461. The van der Waals surface area contributed by atoms with Crippen LogP contribution >= 0.6 is 11.6 Å². The van der Waals surface area contributed by atoms with E-state index in [0.717, 1.165) is 0 Å². The lowest BCUT2D eigenvalue weighted by atomic mass is 10.3. The van der Waals surface area contributed by atoms with Crippen LogP contribution in [-0.4, -0.2) is 40.4 Å². The molecule has 0 aliphatic heterocycles. The Hall–Kier alpha value is -1.02. The fourth-order valence-electron chi connectivity index (χ4n) is 1.58. The van der Waals surface area contributed by atoms with Gasteiger partial charge in [-0.3, -0.25) is 0 Å². The lowest BCUT2D eigenvalue weighted by molar-refractivity contribution is 0.253. The first-order chi connectivity index (χ1) is 9.39. The van der Waals surface area contributed by atoms with Gasteiger partial charge in [0.1, 0.15) is 16.4 Å². The SMILES string of the molecule is CC[C@H](CO)NS(=O)(=O)c1cc(OC)c(Cl)cc1OC. The van der Waals surface area contributed by atoms with E-state index in [4.69, 9.17) is 26.2 Å². The Bertz CT molecular complexity index is 557. The fourth-order valence-corrected chi connectivity index (χ4v) is 3.28. The first-order valence-corrected chi connectivity index (χ1v) is 7.80. The van der Waals surface area contributed by atoms with Crippen LogP contribution in [0.2, 0.25) is 5.02 Å². The third-order valence-electron chi connectivity index (χ3n) is 2.76. The maximum atomic E-state index is 12.3. The number of halogens is 1. The van der Waals surface area contributed by atoms with Crippen molar-refractivity contribution in [3.8, 4) is 11.5 Å². The lowest BCUT2D eigenvalue weighted by Gasteiger charge is -2.17. The number of rotatable bonds is 7. The third kappa shape index (κ3) is 3.76. The van der Waals surface area contributed by atoms with E-state index < -0.39 is 16.1 Å². The zero-order chi connectivity index (χ0) is 15.3. The Labute approximate surface area is 123 Å². The number of hydrogen-bond donors (Lipinski definition) is 2. The van der Waals surface area contributed by atoms with Crippen molar-refractivity contribution in [2.75, 3.05) is 20.8 Å². The van der Waals surface area contributed by atoms with Crippen LogP contribution in [0, 0.1) is 0 Å². The van der Waals surface area contributed by atoms with Crippen LogP contribution in [0.5, 0.6) is 11.5 Å². The maximum Gasteiger partial charge on any atom is 0.244 e. The molecule has 0 bridgehead atoms. The van der Waals surface area contributed by atoms with Crippen molar-refractivity contribution in [3.63, 3.8) is 0 Å². The van der Waals surface area contributed by atoms with Gasteiger partial charge in [0.15, 0.2) is 0 Å². The largest absolute Gasteiger partial charge is 0.495 e. The molecule has 0 aliphatic rings. The highest BCUT2D eigenvalue weighted by atomic mass is 35.5. The van der Waals surface area contributed by atoms with E-state index in [1.54, 1.807) is 6.92 Å². The molecule has 0 spiro atoms. The minimum absolute atomic E-state index is 0.0897. The Balaban J connectivity index is 3.29. The molecule has 0 unspecified atom stereocenters. The molecule has 1 aromatic rings. The molecule has 0 saturated heterocycles. The van der Waals surface area contributed by atoms with Gasteiger partial charge in [-0.15, -0.1) is 0 Å². The highest BCUT2D eigenvalue weighted by Crippen LogP contribution is 2.35. The maximum absolute atomic E-state index is 12.3. The van der Waals surface area contributed by atoms with Gasteiger partial charge in [0.25, 0.3) is 0 Å². The monoisotopic (exact) mass is 323 g/mol. The predicted octanol–water partition coefficient (Wildman–Crippen LogP) is 1.41. The van der Waals surface area contributed by atoms with Crippen LogP contribution in [0.25, 0.3) is 0 Å². The second-order valence-corrected chi connectivity index (χ2v) is 6.14. The molecule has 114 valence electrons. The van der Waals surface area contributed by atoms with E-state index in [-0.39, 0.29) is 28.0 Å². The molecule has 20 heavy (non-hydrogen) atoms. The quantitative estimate of drug-likeness (QED) is 0.792. The van der Waals surface area contributed by atoms with Crippen molar-refractivity contribution in [1.82, 2.24) is 4.72 Å². The predicted molar refractivity (Wildman–Crippen MR) is 76.0 cm³/mol. The zero-order valence-corrected chi connectivity index (χ0v) is 13.1. The Kier molecular flexibility index (Phi) is 6.07. The van der Waals surface area contributed by atoms with Gasteiger partial charge in [0, 0.05) is 18.2 Å². The fraction of sp³-hybridized carbons (Fsp3) is 0.500. The molecule has 2 N–H and O–H groups in total. The molecule has 1 atom stereocenters. The Morgan fingerprint density at radius 2 is 1.90 bits per heavy atom. The Morgan fingerprint density at radius 3 is 2.35 bits per heavy atom. The summed E-state index contributed by atoms with van der Waals surface area (Å²) in [5.41, 5.74) is 0. The molecular formula is C12H18ClNO5S. The van der Waals surface area contributed by atoms with Gasteiger partial charge in [-0.25, -0.2) is 13.1 Å². The van der Waals surface area contributed by atoms with Gasteiger partial charge in [-0.2, -0.15) is 0 Å². The number of hydrogen-bond acceptors (Lipinski definition) is 5. The molecule has 0 aliphatic carbocycles. The summed E-state index contributed by atoms with van der Waals surface area (Å²) >= 11 is 5.93. The summed E-state index contributed by atoms with van der Waals surface area (Å²) in [5.74, 6) is 0.334. The van der Waals surface area contributed by atoms with E-state index in [9.17, 15) is 8.42 Å². The second-order valence-electron chi connectivity index (χ2n) is 4.05. The van der Waals surface area contributed by atoms with E-state index in [1.165, 1.54) is 26.4 Å². The molecule has 6 nitrogen and oxygen atoms in total. The molecular weight excluding hydrogens is 306 g/mol. The average Bonchev–Trinajstić information content (AvgIpc) is 2.44. The molecule has 0 saturated carbocycles. The van der Waals surface area contributed by atoms with E-state index >= 15 is 0 Å². The first-order valence-electron chi connectivity index (χ1n) is 5.94. The average molecular weight is 324 g/mol. The van der Waals surface area contributed by atoms with Crippen molar-refractivity contribution in [1.29, 1.82) is 0 Å². The highest BCUT2D eigenvalue weighted by Gasteiger charge is 2.24. The zero-order valence-electron chi connectivity index (χ0n) is 11.5. The van der Waals surface area contributed by atoms with Crippen molar-refractivity contribution in [3.05, 3.63) is 17.2 Å². The minimum atomic E-state index is -3.85. The molecule has 0 amide bonds. The van der Waals surface area contributed by atoms with Crippen LogP contribution in [0.15, 0.2) is 17.0 Å². The summed E-state index contributed by atoms with van der Waals surface area (Å²) in [6, 6.07) is 2.09. The number of methoxy groups -OCH3 is 2. The molecule has 8 heteroatoms. The summed E-state index contributed by atoms with van der Waals surface area (Å²) in [4.78, 5) is -0.0897. The van der Waals surface area contributed by atoms with Gasteiger partial charge in [0.2, 0.25) is 10.0 Å². The number of aliphatic hydroxyl groups is 1. The van der Waals surface area contributed by atoms with E-state index in [0.29, 0.717) is 6.42 Å². The number of benzene rings is 1. The third-order valence-corrected chi connectivity index (χ3v) is 4.60. The van der Waals surface area contributed by atoms with E-state index in [2.05, 4.69) is 4.72 Å². The van der Waals surface area contributed by atoms with Gasteiger partial charge in [-0.05, 0) is 6.42 Å². The number of nitrogens with one attached hydrogen (secondary N) is 1. The van der Waals surface area contributed by atoms with Crippen molar-refractivity contribution >= 4 is 21.6 Å². The van der Waals surface area contributed by atoms with Crippen LogP contribution in [0.4, 0.5) is 0 Å². The first kappa shape index (κ1) is 17.0. The van der Waals surface area contributed by atoms with Crippen molar-refractivity contribution < 1.29 is 23.0 Å². The lowest BCUT2D eigenvalue weighted by Crippen LogP contribution is -2.37. The topological polar surface area (TPSA) is 84.9 Å². The summed E-state index contributed by atoms with van der Waals surface area (Å²) < 4.78 is 37.1. The summed E-state index contributed by atoms with van der Waals surface area (Å²) in [5, 5.41) is 9.35. The molecule has 0 heterocycles. The molecule has 0 radical (unpaired) electrons. The van der Waals surface area contributed by atoms with Gasteiger partial charge < -0.3 is 14.6 Å². The Morgan fingerprint density at radius 1 is 1.30 bits per heavy atom. The summed E-state index contributed by atoms with van der Waals surface area (Å²) in [7, 11) is -1.11. The standard InChI is InChI=1S/C12H18ClNO5S/c1-4-8(7-15)14-20(16,17)12-6-10(18-2)9(13)5-11(12)19-3/h5-6,8,14-15H,4,7H2,1-3H3/t8-/m1/s1. The summed E-state index contributed by atoms with van der Waals surface area (Å²) in [6.45, 7) is 1.48. The van der Waals surface area contributed by atoms with Gasteiger partial charge >= 0.3 is 0 Å². The van der Waals surface area contributed by atoms with Gasteiger partial charge in [-0.1, -0.05) is 18.5 Å². The second kappa shape index (κ2) is 7.12. The normalized spacial score (nSPS) is 13.1. The van der Waals surface area contributed by atoms with Crippen LogP contribution < -0.4 is 14.2 Å². The molecule has 1 aromatic carbocycles. The molecule has 0 fully saturated rings. The van der Waals surface area contributed by atoms with Gasteiger partial charge in [0.05, 0.1) is 25.8 Å². The van der Waals surface area contributed by atoms with Crippen LogP contribution in [-0.2, 0) is 10.0 Å². The molecule has 0 aromatic heterocycles. The highest BCUT2D eigenvalue weighted by molar-refractivity contribution is 7.89. The number of ether oxygens (including phenoxy) is 2. The van der Waals surface area contributed by atoms with Crippen molar-refractivity contribution in [2.24, 2.45) is 0 Å². The minimum Gasteiger partial charge on any atom is -0.495 e. The van der Waals surface area contributed by atoms with E-state index in [1.807, 2.05) is 0 Å². The smallest absolute Gasteiger partial charge is 0.244 e.